The van der Waals surface area contributed by atoms with Crippen LogP contribution in [0.5, 0.6) is 0 Å². The van der Waals surface area contributed by atoms with Gasteiger partial charge < -0.3 is 4.74 Å². The lowest BCUT2D eigenvalue weighted by Crippen LogP contribution is -2.07. The van der Waals surface area contributed by atoms with Crippen LogP contribution in [0.25, 0.3) is 0 Å². The lowest BCUT2D eigenvalue weighted by atomic mass is 10.3. The van der Waals surface area contributed by atoms with Crippen LogP contribution < -0.4 is 0 Å². The van der Waals surface area contributed by atoms with E-state index in [1.165, 1.54) is 11.3 Å². The van der Waals surface area contributed by atoms with Gasteiger partial charge in [-0.1, -0.05) is 6.08 Å². The summed E-state index contributed by atoms with van der Waals surface area (Å²) in [6.07, 6.45) is 2.38. The second-order valence-electron chi connectivity index (χ2n) is 2.45. The van der Waals surface area contributed by atoms with Gasteiger partial charge in [-0.15, -0.1) is 17.9 Å². The fourth-order valence-corrected chi connectivity index (χ4v) is 2.48. The number of rotatable bonds is 4. The summed E-state index contributed by atoms with van der Waals surface area (Å²) in [5, 5.41) is 0. The van der Waals surface area contributed by atoms with Gasteiger partial charge in [0.1, 0.15) is 0 Å². The molecule has 1 aromatic rings. The van der Waals surface area contributed by atoms with Crippen molar-refractivity contribution >= 4 is 33.2 Å². The predicted octanol–water partition coefficient (Wildman–Crippen LogP) is 2.81. The van der Waals surface area contributed by atoms with Gasteiger partial charge in [0.25, 0.3) is 0 Å². The molecule has 1 rings (SSSR count). The molecule has 0 fully saturated rings. The van der Waals surface area contributed by atoms with E-state index < -0.39 is 0 Å². The zero-order valence-corrected chi connectivity index (χ0v) is 10.2. The lowest BCUT2D eigenvalue weighted by molar-refractivity contribution is 0.0519. The van der Waals surface area contributed by atoms with E-state index in [4.69, 9.17) is 4.74 Å². The molecule has 1 aromatic heterocycles. The maximum atomic E-state index is 11.4. The number of aromatic nitrogens is 1. The molecule has 0 aliphatic carbocycles. The molecule has 1 heterocycles. The second kappa shape index (κ2) is 5.26. The number of carbonyl (C=O) groups excluding carboxylic acids is 1. The smallest absolute Gasteiger partial charge is 0.358 e. The van der Waals surface area contributed by atoms with Crippen molar-refractivity contribution in [1.82, 2.24) is 4.98 Å². The van der Waals surface area contributed by atoms with Gasteiger partial charge in [-0.2, -0.15) is 0 Å². The van der Waals surface area contributed by atoms with Crippen LogP contribution in [0, 0.1) is 0 Å². The molecule has 0 N–H and O–H groups in total. The van der Waals surface area contributed by atoms with Crippen LogP contribution in [0.4, 0.5) is 0 Å². The Hall–Kier alpha value is -0.680. The van der Waals surface area contributed by atoms with Crippen molar-refractivity contribution in [3.05, 3.63) is 27.1 Å². The van der Waals surface area contributed by atoms with E-state index >= 15 is 0 Å². The topological polar surface area (TPSA) is 39.2 Å². The van der Waals surface area contributed by atoms with E-state index in [-0.39, 0.29) is 5.97 Å². The van der Waals surface area contributed by atoms with Gasteiger partial charge in [-0.05, 0) is 22.9 Å². The third-order valence-electron chi connectivity index (χ3n) is 1.47. The molecule has 0 amide bonds. The number of hydrogen-bond acceptors (Lipinski definition) is 4. The van der Waals surface area contributed by atoms with Crippen molar-refractivity contribution in [2.45, 2.75) is 13.3 Å². The van der Waals surface area contributed by atoms with Crippen molar-refractivity contribution in [2.24, 2.45) is 0 Å². The van der Waals surface area contributed by atoms with Gasteiger partial charge in [-0.25, -0.2) is 9.78 Å². The Kier molecular flexibility index (Phi) is 4.28. The Balaban J connectivity index is 2.93. The van der Waals surface area contributed by atoms with Crippen LogP contribution in [-0.4, -0.2) is 17.6 Å². The minimum absolute atomic E-state index is 0.363. The van der Waals surface area contributed by atoms with Gasteiger partial charge in [0.2, 0.25) is 0 Å². The second-order valence-corrected chi connectivity index (χ2v) is 4.81. The zero-order chi connectivity index (χ0) is 10.6. The van der Waals surface area contributed by atoms with E-state index in [1.54, 1.807) is 13.0 Å². The summed E-state index contributed by atoms with van der Waals surface area (Å²) < 4.78 is 5.57. The van der Waals surface area contributed by atoms with Crippen molar-refractivity contribution in [2.75, 3.05) is 6.61 Å². The van der Waals surface area contributed by atoms with E-state index in [1.807, 2.05) is 0 Å². The number of esters is 1. The first kappa shape index (κ1) is 11.4. The minimum Gasteiger partial charge on any atom is -0.461 e. The number of hydrogen-bond donors (Lipinski definition) is 0. The molecule has 76 valence electrons. The van der Waals surface area contributed by atoms with Gasteiger partial charge in [0.05, 0.1) is 6.61 Å². The number of carbonyl (C=O) groups is 1. The number of thiazole rings is 1. The van der Waals surface area contributed by atoms with Gasteiger partial charge >= 0.3 is 5.97 Å². The van der Waals surface area contributed by atoms with Crippen LogP contribution in [0.1, 0.15) is 22.3 Å². The van der Waals surface area contributed by atoms with E-state index in [9.17, 15) is 4.79 Å². The van der Waals surface area contributed by atoms with E-state index in [2.05, 4.69) is 27.5 Å². The highest BCUT2D eigenvalue weighted by atomic mass is 79.9. The summed E-state index contributed by atoms with van der Waals surface area (Å²) in [6.45, 7) is 5.76. The SMILES string of the molecule is C=CCc1sc(Br)nc1C(=O)OCC. The lowest BCUT2D eigenvalue weighted by Gasteiger charge is -1.99. The molecule has 3 nitrogen and oxygen atoms in total. The molecule has 0 radical (unpaired) electrons. The molecule has 0 aliphatic heterocycles. The fourth-order valence-electron chi connectivity index (χ4n) is 0.951. The molecule has 0 aromatic carbocycles. The highest BCUT2D eigenvalue weighted by molar-refractivity contribution is 9.11. The third kappa shape index (κ3) is 2.65. The summed E-state index contributed by atoms with van der Waals surface area (Å²) in [5.41, 5.74) is 0.392. The van der Waals surface area contributed by atoms with E-state index in [0.29, 0.717) is 22.6 Å². The average molecular weight is 276 g/mol. The van der Waals surface area contributed by atoms with Crippen molar-refractivity contribution < 1.29 is 9.53 Å². The molecule has 0 saturated heterocycles. The number of nitrogens with zero attached hydrogens (tertiary/aromatic N) is 1. The summed E-state index contributed by atoms with van der Waals surface area (Å²) in [6, 6.07) is 0. The first-order valence-electron chi connectivity index (χ1n) is 4.12. The highest BCUT2D eigenvalue weighted by Crippen LogP contribution is 2.24. The van der Waals surface area contributed by atoms with Gasteiger partial charge in [0.15, 0.2) is 9.61 Å². The van der Waals surface area contributed by atoms with Crippen molar-refractivity contribution in [3.63, 3.8) is 0 Å². The van der Waals surface area contributed by atoms with Crippen molar-refractivity contribution in [1.29, 1.82) is 0 Å². The standard InChI is InChI=1S/C9H10BrNO2S/c1-3-5-6-7(8(12)13-4-2)11-9(10)14-6/h3H,1,4-5H2,2H3. The predicted molar refractivity (Wildman–Crippen MR) is 59.7 cm³/mol. The Bertz CT molecular complexity index is 349. The first-order valence-corrected chi connectivity index (χ1v) is 5.73. The molecule has 0 bridgehead atoms. The largest absolute Gasteiger partial charge is 0.461 e. The van der Waals surface area contributed by atoms with Crippen LogP contribution in [0.2, 0.25) is 0 Å². The van der Waals surface area contributed by atoms with Crippen LogP contribution in [0.15, 0.2) is 16.6 Å². The molecular formula is C9H10BrNO2S. The maximum Gasteiger partial charge on any atom is 0.358 e. The Morgan fingerprint density at radius 2 is 2.50 bits per heavy atom. The molecule has 14 heavy (non-hydrogen) atoms. The summed E-state index contributed by atoms with van der Waals surface area (Å²) in [7, 11) is 0. The highest BCUT2D eigenvalue weighted by Gasteiger charge is 2.17. The summed E-state index contributed by atoms with van der Waals surface area (Å²) >= 11 is 4.66. The Labute approximate surface area is 94.9 Å². The molecule has 5 heteroatoms. The first-order chi connectivity index (χ1) is 6.69. The number of allylic oxidation sites excluding steroid dienone is 1. The van der Waals surface area contributed by atoms with E-state index in [0.717, 1.165) is 4.88 Å². The number of ether oxygens (including phenoxy) is 1. The summed E-state index contributed by atoms with van der Waals surface area (Å²) in [5.74, 6) is -0.369. The minimum atomic E-state index is -0.369. The average Bonchev–Trinajstić information content (AvgIpc) is 2.48. The Morgan fingerprint density at radius 3 is 3.07 bits per heavy atom. The molecule has 0 atom stereocenters. The summed E-state index contributed by atoms with van der Waals surface area (Å²) in [4.78, 5) is 16.4. The van der Waals surface area contributed by atoms with Crippen LogP contribution in [-0.2, 0) is 11.2 Å². The van der Waals surface area contributed by atoms with Gasteiger partial charge in [0, 0.05) is 11.3 Å². The fraction of sp³-hybridized carbons (Fsp3) is 0.333. The Morgan fingerprint density at radius 1 is 1.79 bits per heavy atom. The monoisotopic (exact) mass is 275 g/mol. The molecular weight excluding hydrogens is 266 g/mol. The third-order valence-corrected chi connectivity index (χ3v) is 3.00. The molecule has 0 saturated carbocycles. The van der Waals surface area contributed by atoms with Crippen LogP contribution >= 0.6 is 27.3 Å². The molecule has 0 aliphatic rings. The zero-order valence-electron chi connectivity index (χ0n) is 7.75. The molecule has 0 spiro atoms. The van der Waals surface area contributed by atoms with Crippen LogP contribution in [0.3, 0.4) is 0 Å². The maximum absolute atomic E-state index is 11.4. The quantitative estimate of drug-likeness (QED) is 0.627. The molecule has 0 unspecified atom stereocenters. The number of halogens is 1. The normalized spacial score (nSPS) is 9.86. The van der Waals surface area contributed by atoms with Gasteiger partial charge in [-0.3, -0.25) is 0 Å². The van der Waals surface area contributed by atoms with Crippen molar-refractivity contribution in [3.8, 4) is 0 Å².